The third-order valence-electron chi connectivity index (χ3n) is 3.56. The van der Waals surface area contributed by atoms with Crippen LogP contribution >= 0.6 is 0 Å². The number of rotatable bonds is 5. The molecule has 0 amide bonds. The van der Waals surface area contributed by atoms with Crippen LogP contribution in [0.3, 0.4) is 0 Å². The van der Waals surface area contributed by atoms with Crippen LogP contribution in [0.4, 0.5) is 18.9 Å². The first-order chi connectivity index (χ1) is 12.7. The Labute approximate surface area is 154 Å². The average Bonchev–Trinajstić information content (AvgIpc) is 2.63. The average molecular weight is 393 g/mol. The summed E-state index contributed by atoms with van der Waals surface area (Å²) in [4.78, 5) is -0.470. The summed E-state index contributed by atoms with van der Waals surface area (Å²) in [5.74, 6) is 1.11. The molecule has 0 heterocycles. The molecule has 0 radical (unpaired) electrons. The maximum Gasteiger partial charge on any atom is 0.416 e. The molecule has 140 valence electrons. The highest BCUT2D eigenvalue weighted by molar-refractivity contribution is 7.92. The minimum absolute atomic E-state index is 0.202. The van der Waals surface area contributed by atoms with Crippen LogP contribution in [0.1, 0.15) is 5.56 Å². The number of sulfonamides is 1. The number of anilines is 1. The fourth-order valence-corrected chi connectivity index (χ4v) is 3.37. The van der Waals surface area contributed by atoms with E-state index in [1.807, 2.05) is 18.2 Å². The molecule has 0 atom stereocenters. The molecule has 0 unspecified atom stereocenters. The zero-order valence-electron chi connectivity index (χ0n) is 13.8. The van der Waals surface area contributed by atoms with Crippen molar-refractivity contribution in [3.05, 3.63) is 84.4 Å². The first-order valence-electron chi connectivity index (χ1n) is 7.77. The molecule has 0 fully saturated rings. The van der Waals surface area contributed by atoms with Crippen molar-refractivity contribution in [2.45, 2.75) is 11.1 Å². The van der Waals surface area contributed by atoms with E-state index in [1.165, 1.54) is 12.1 Å². The number of hydrogen-bond acceptors (Lipinski definition) is 3. The van der Waals surface area contributed by atoms with Crippen molar-refractivity contribution in [3.63, 3.8) is 0 Å². The fourth-order valence-electron chi connectivity index (χ4n) is 2.27. The van der Waals surface area contributed by atoms with E-state index >= 15 is 0 Å². The number of hydrogen-bond donors (Lipinski definition) is 1. The molecule has 0 aliphatic rings. The van der Waals surface area contributed by atoms with E-state index in [0.29, 0.717) is 17.6 Å². The summed E-state index contributed by atoms with van der Waals surface area (Å²) in [5, 5.41) is 0. The molecule has 3 aromatic carbocycles. The maximum absolute atomic E-state index is 12.8. The Bertz CT molecular complexity index is 1020. The molecule has 0 saturated carbocycles. The second kappa shape index (κ2) is 7.32. The largest absolute Gasteiger partial charge is 0.457 e. The molecule has 0 aliphatic heterocycles. The Morgan fingerprint density at radius 2 is 1.41 bits per heavy atom. The third-order valence-corrected chi connectivity index (χ3v) is 4.94. The van der Waals surface area contributed by atoms with Crippen molar-refractivity contribution < 1.29 is 26.3 Å². The molecule has 1 N–H and O–H groups in total. The van der Waals surface area contributed by atoms with Gasteiger partial charge in [0.1, 0.15) is 11.5 Å². The fraction of sp³-hybridized carbons (Fsp3) is 0.0526. The van der Waals surface area contributed by atoms with Crippen LogP contribution in [0, 0.1) is 0 Å². The molecule has 0 saturated heterocycles. The molecule has 3 aromatic rings. The lowest BCUT2D eigenvalue weighted by atomic mass is 10.2. The van der Waals surface area contributed by atoms with Crippen molar-refractivity contribution in [2.24, 2.45) is 0 Å². The van der Waals surface area contributed by atoms with Crippen molar-refractivity contribution in [1.82, 2.24) is 0 Å². The Balaban J connectivity index is 1.76. The van der Waals surface area contributed by atoms with Crippen LogP contribution in [-0.2, 0) is 16.2 Å². The Morgan fingerprint density at radius 3 is 2.04 bits per heavy atom. The van der Waals surface area contributed by atoms with Crippen LogP contribution in [0.25, 0.3) is 0 Å². The van der Waals surface area contributed by atoms with Gasteiger partial charge in [0.25, 0.3) is 10.0 Å². The third kappa shape index (κ3) is 4.79. The van der Waals surface area contributed by atoms with Gasteiger partial charge in [-0.05, 0) is 54.6 Å². The molecular formula is C19H14F3NO3S. The first-order valence-corrected chi connectivity index (χ1v) is 9.25. The van der Waals surface area contributed by atoms with Crippen molar-refractivity contribution in [3.8, 4) is 11.5 Å². The predicted molar refractivity (Wildman–Crippen MR) is 95.2 cm³/mol. The van der Waals surface area contributed by atoms with Crippen LogP contribution in [0.5, 0.6) is 11.5 Å². The number of para-hydroxylation sites is 1. The molecule has 0 aromatic heterocycles. The predicted octanol–water partition coefficient (Wildman–Crippen LogP) is 5.30. The quantitative estimate of drug-likeness (QED) is 0.640. The molecule has 0 bridgehead atoms. The minimum Gasteiger partial charge on any atom is -0.457 e. The zero-order valence-corrected chi connectivity index (χ0v) is 14.6. The van der Waals surface area contributed by atoms with E-state index in [-0.39, 0.29) is 5.69 Å². The number of nitrogens with one attached hydrogen (secondary N) is 1. The topological polar surface area (TPSA) is 55.4 Å². The van der Waals surface area contributed by atoms with Gasteiger partial charge in [-0.1, -0.05) is 24.3 Å². The lowest BCUT2D eigenvalue weighted by Gasteiger charge is -2.11. The highest BCUT2D eigenvalue weighted by Gasteiger charge is 2.31. The molecule has 0 spiro atoms. The Morgan fingerprint density at radius 1 is 0.778 bits per heavy atom. The summed E-state index contributed by atoms with van der Waals surface area (Å²) in [6, 6.07) is 18.6. The van der Waals surface area contributed by atoms with Crippen molar-refractivity contribution in [1.29, 1.82) is 0 Å². The smallest absolute Gasteiger partial charge is 0.416 e. The van der Waals surface area contributed by atoms with Gasteiger partial charge in [0.2, 0.25) is 0 Å². The van der Waals surface area contributed by atoms with Gasteiger partial charge in [0, 0.05) is 5.69 Å². The van der Waals surface area contributed by atoms with Gasteiger partial charge in [0.15, 0.2) is 0 Å². The second-order valence-corrected chi connectivity index (χ2v) is 7.25. The molecule has 3 rings (SSSR count). The SMILES string of the molecule is O=S(=O)(Nc1ccc(Oc2ccccc2)cc1)c1cccc(C(F)(F)F)c1. The van der Waals surface area contributed by atoms with Gasteiger partial charge in [-0.15, -0.1) is 0 Å². The first kappa shape index (κ1) is 18.8. The lowest BCUT2D eigenvalue weighted by molar-refractivity contribution is -0.137. The molecule has 27 heavy (non-hydrogen) atoms. The van der Waals surface area contributed by atoms with E-state index in [2.05, 4.69) is 4.72 Å². The molecule has 8 heteroatoms. The van der Waals surface area contributed by atoms with Crippen LogP contribution in [0.15, 0.2) is 83.8 Å². The van der Waals surface area contributed by atoms with Gasteiger partial charge < -0.3 is 4.74 Å². The summed E-state index contributed by atoms with van der Waals surface area (Å²) < 4.78 is 70.9. The van der Waals surface area contributed by atoms with E-state index in [1.54, 1.807) is 24.3 Å². The monoisotopic (exact) mass is 393 g/mol. The van der Waals surface area contributed by atoms with Gasteiger partial charge in [-0.3, -0.25) is 4.72 Å². The minimum atomic E-state index is -4.62. The van der Waals surface area contributed by atoms with E-state index in [9.17, 15) is 21.6 Å². The van der Waals surface area contributed by atoms with E-state index in [0.717, 1.165) is 18.2 Å². The van der Waals surface area contributed by atoms with Gasteiger partial charge in [-0.2, -0.15) is 13.2 Å². The normalized spacial score (nSPS) is 11.8. The summed E-state index contributed by atoms with van der Waals surface area (Å²) >= 11 is 0. The zero-order chi connectivity index (χ0) is 19.5. The molecular weight excluding hydrogens is 379 g/mol. The van der Waals surface area contributed by atoms with E-state index < -0.39 is 26.7 Å². The standard InChI is InChI=1S/C19H14F3NO3S/c20-19(21,22)14-5-4-8-18(13-14)27(24,25)23-15-9-11-17(12-10-15)26-16-6-2-1-3-7-16/h1-13,23H. The number of alkyl halides is 3. The van der Waals surface area contributed by atoms with Gasteiger partial charge in [0.05, 0.1) is 10.5 Å². The maximum atomic E-state index is 12.8. The van der Waals surface area contributed by atoms with Crippen LogP contribution < -0.4 is 9.46 Å². The molecule has 4 nitrogen and oxygen atoms in total. The number of halogens is 3. The van der Waals surface area contributed by atoms with E-state index in [4.69, 9.17) is 4.74 Å². The summed E-state index contributed by atoms with van der Waals surface area (Å²) in [6.07, 6.45) is -4.62. The van der Waals surface area contributed by atoms with Crippen LogP contribution in [0.2, 0.25) is 0 Å². The Hall–Kier alpha value is -3.00. The summed E-state index contributed by atoms with van der Waals surface area (Å²) in [5.41, 5.74) is -0.829. The number of benzene rings is 3. The highest BCUT2D eigenvalue weighted by Crippen LogP contribution is 2.31. The number of ether oxygens (including phenoxy) is 1. The summed E-state index contributed by atoms with van der Waals surface area (Å²) in [7, 11) is -4.16. The summed E-state index contributed by atoms with van der Waals surface area (Å²) in [6.45, 7) is 0. The van der Waals surface area contributed by atoms with Gasteiger partial charge in [-0.25, -0.2) is 8.42 Å². The van der Waals surface area contributed by atoms with Crippen molar-refractivity contribution >= 4 is 15.7 Å². The van der Waals surface area contributed by atoms with Crippen molar-refractivity contribution in [2.75, 3.05) is 4.72 Å². The second-order valence-electron chi connectivity index (χ2n) is 5.57. The van der Waals surface area contributed by atoms with Gasteiger partial charge >= 0.3 is 6.18 Å². The molecule has 0 aliphatic carbocycles. The lowest BCUT2D eigenvalue weighted by Crippen LogP contribution is -2.14. The highest BCUT2D eigenvalue weighted by atomic mass is 32.2. The van der Waals surface area contributed by atoms with Crippen LogP contribution in [-0.4, -0.2) is 8.42 Å². The Kier molecular flexibility index (Phi) is 5.09.